The van der Waals surface area contributed by atoms with Crippen molar-refractivity contribution in [1.29, 1.82) is 0 Å². The minimum Gasteiger partial charge on any atom is -0.363 e. The molecule has 0 saturated heterocycles. The lowest BCUT2D eigenvalue weighted by Crippen LogP contribution is -2.34. The van der Waals surface area contributed by atoms with Crippen LogP contribution < -0.4 is 5.73 Å². The highest BCUT2D eigenvalue weighted by Crippen LogP contribution is 2.39. The predicted octanol–water partition coefficient (Wildman–Crippen LogP) is 11.6. The Morgan fingerprint density at radius 3 is 2.41 bits per heavy atom. The average Bonchev–Trinajstić information content (AvgIpc) is 3.41. The van der Waals surface area contributed by atoms with Gasteiger partial charge in [0.25, 0.3) is 0 Å². The van der Waals surface area contributed by atoms with Crippen LogP contribution in [0.25, 0.3) is 5.57 Å². The van der Waals surface area contributed by atoms with Gasteiger partial charge in [-0.2, -0.15) is 0 Å². The van der Waals surface area contributed by atoms with Crippen molar-refractivity contribution in [2.75, 3.05) is 13.6 Å². The van der Waals surface area contributed by atoms with Crippen LogP contribution >= 0.6 is 0 Å². The molecule has 5 heteroatoms. The van der Waals surface area contributed by atoms with Crippen LogP contribution in [-0.4, -0.2) is 41.1 Å². The van der Waals surface area contributed by atoms with E-state index in [1.165, 1.54) is 44.7 Å². The Morgan fingerprint density at radius 2 is 1.71 bits per heavy atom. The van der Waals surface area contributed by atoms with Crippen LogP contribution in [0.3, 0.4) is 0 Å². The summed E-state index contributed by atoms with van der Waals surface area (Å²) in [5.41, 5.74) is 25.3. The SMILES string of the molecule is C=C1C(C2C=CC=CC2)=NC(c2cncc(/C(CCN)=C(/C)C3=CC(C4C=CC(C5=CCCC=C5)=CC4)=C=C(C)C(C4=CCCC=C4)N3C)c2)=N[C@H]1c1ccccc1. The van der Waals surface area contributed by atoms with Crippen molar-refractivity contribution in [3.8, 4) is 0 Å². The number of hydrogen-bond acceptors (Lipinski definition) is 5. The first-order valence-corrected chi connectivity index (χ1v) is 21.0. The maximum atomic E-state index is 6.44. The minimum atomic E-state index is -0.228. The van der Waals surface area contributed by atoms with Gasteiger partial charge in [0.15, 0.2) is 5.84 Å². The van der Waals surface area contributed by atoms with E-state index in [0.717, 1.165) is 66.5 Å². The summed E-state index contributed by atoms with van der Waals surface area (Å²) >= 11 is 0. The zero-order valence-electron chi connectivity index (χ0n) is 34.2. The van der Waals surface area contributed by atoms with E-state index in [1.54, 1.807) is 0 Å². The van der Waals surface area contributed by atoms with Crippen molar-refractivity contribution in [2.45, 2.75) is 70.9 Å². The standard InChI is InChI=1S/C53H55N5/c1-36-31-45(41-27-25-40(26-28-41)39-17-9-5-10-18-39)33-49(58(4)52(36)44-23-15-8-16-24-44)37(2)48(29-30-54)46-32-47(35-55-34-46)53-56-50(42-19-11-6-12-20-42)38(3)51(57-53)43-21-13-7-14-22-43/h6-7,9,11-15,17-21,23-27,32-35,41,43,50,52H,3,5,8,10,16,22,28-30,54H2,1-2,4H3/b48-37-/t41?,43?,50-,52?/m1/s1. The quantitative estimate of drug-likeness (QED) is 0.245. The number of hydrogen-bond donors (Lipinski definition) is 1. The van der Waals surface area contributed by atoms with Gasteiger partial charge in [-0.05, 0) is 128 Å². The fraction of sp³-hybridized carbons (Fsp3) is 0.283. The molecular weight excluding hydrogens is 707 g/mol. The van der Waals surface area contributed by atoms with Gasteiger partial charge in [-0.25, -0.2) is 4.99 Å². The molecule has 0 amide bonds. The fourth-order valence-corrected chi connectivity index (χ4v) is 9.07. The van der Waals surface area contributed by atoms with E-state index in [1.807, 2.05) is 18.5 Å². The zero-order chi connectivity index (χ0) is 40.0. The molecule has 3 heterocycles. The molecule has 6 aliphatic rings. The van der Waals surface area contributed by atoms with Gasteiger partial charge in [0.1, 0.15) is 6.04 Å². The maximum Gasteiger partial charge on any atom is 0.157 e. The molecule has 0 saturated carbocycles. The molecule has 4 atom stereocenters. The van der Waals surface area contributed by atoms with Gasteiger partial charge >= 0.3 is 0 Å². The van der Waals surface area contributed by atoms with Crippen molar-refractivity contribution >= 4 is 17.1 Å². The molecule has 2 aromatic rings. The number of amidine groups is 1. The Kier molecular flexibility index (Phi) is 11.9. The van der Waals surface area contributed by atoms with Crippen molar-refractivity contribution in [3.63, 3.8) is 0 Å². The summed E-state index contributed by atoms with van der Waals surface area (Å²) in [5.74, 6) is 1.04. The Labute approximate surface area is 345 Å². The summed E-state index contributed by atoms with van der Waals surface area (Å²) in [6.45, 7) is 9.56. The third-order valence-electron chi connectivity index (χ3n) is 12.1. The van der Waals surface area contributed by atoms with E-state index in [-0.39, 0.29) is 23.9 Å². The molecule has 1 aromatic carbocycles. The molecule has 8 rings (SSSR count). The molecule has 4 aliphatic carbocycles. The van der Waals surface area contributed by atoms with Crippen LogP contribution in [0.5, 0.6) is 0 Å². The molecular formula is C53H55N5. The molecule has 0 spiro atoms. The summed E-state index contributed by atoms with van der Waals surface area (Å²) < 4.78 is 0. The van der Waals surface area contributed by atoms with Crippen molar-refractivity contribution in [3.05, 3.63) is 208 Å². The minimum absolute atomic E-state index is 0.0612. The number of pyridine rings is 1. The summed E-state index contributed by atoms with van der Waals surface area (Å²) in [4.78, 5) is 17.8. The first kappa shape index (κ1) is 39.0. The van der Waals surface area contributed by atoms with Crippen LogP contribution in [0.15, 0.2) is 201 Å². The average molecular weight is 762 g/mol. The van der Waals surface area contributed by atoms with Gasteiger partial charge in [-0.1, -0.05) is 116 Å². The van der Waals surface area contributed by atoms with E-state index >= 15 is 0 Å². The van der Waals surface area contributed by atoms with Crippen molar-refractivity contribution < 1.29 is 0 Å². The van der Waals surface area contributed by atoms with Gasteiger partial charge in [0, 0.05) is 48.1 Å². The molecule has 1 aromatic heterocycles. The first-order valence-electron chi connectivity index (χ1n) is 21.0. The molecule has 3 unspecified atom stereocenters. The molecule has 2 N–H and O–H groups in total. The van der Waals surface area contributed by atoms with Crippen molar-refractivity contribution in [1.82, 2.24) is 9.88 Å². The zero-order valence-corrected chi connectivity index (χ0v) is 34.2. The summed E-state index contributed by atoms with van der Waals surface area (Å²) in [6.07, 6.45) is 42.8. The van der Waals surface area contributed by atoms with Gasteiger partial charge < -0.3 is 10.6 Å². The normalized spacial score (nSPS) is 24.8. The number of benzene rings is 1. The fourth-order valence-electron chi connectivity index (χ4n) is 9.07. The van der Waals surface area contributed by atoms with E-state index in [0.29, 0.717) is 18.8 Å². The lowest BCUT2D eigenvalue weighted by atomic mass is 9.85. The van der Waals surface area contributed by atoms with Crippen LogP contribution in [0.1, 0.15) is 81.5 Å². The summed E-state index contributed by atoms with van der Waals surface area (Å²) in [6, 6.07) is 12.5. The smallest absolute Gasteiger partial charge is 0.157 e. The summed E-state index contributed by atoms with van der Waals surface area (Å²) in [7, 11) is 2.24. The van der Waals surface area contributed by atoms with Crippen molar-refractivity contribution in [2.24, 2.45) is 27.6 Å². The monoisotopic (exact) mass is 761 g/mol. The number of nitrogens with two attached hydrogens (primary N) is 1. The summed E-state index contributed by atoms with van der Waals surface area (Å²) in [5, 5.41) is 0. The topological polar surface area (TPSA) is 66.9 Å². The van der Waals surface area contributed by atoms with Crippen LogP contribution in [-0.2, 0) is 0 Å². The van der Waals surface area contributed by atoms with Crippen LogP contribution in [0.4, 0.5) is 0 Å². The number of nitrogens with zero attached hydrogens (tertiary/aromatic N) is 4. The van der Waals surface area contributed by atoms with Crippen LogP contribution in [0, 0.1) is 11.8 Å². The van der Waals surface area contributed by atoms with E-state index in [4.69, 9.17) is 20.7 Å². The van der Waals surface area contributed by atoms with E-state index in [9.17, 15) is 0 Å². The molecule has 58 heavy (non-hydrogen) atoms. The van der Waals surface area contributed by atoms with Gasteiger partial charge in [-0.3, -0.25) is 9.98 Å². The van der Waals surface area contributed by atoms with Gasteiger partial charge in [0.2, 0.25) is 0 Å². The highest BCUT2D eigenvalue weighted by atomic mass is 15.1. The Bertz CT molecular complexity index is 2410. The molecule has 5 nitrogen and oxygen atoms in total. The molecule has 2 aliphatic heterocycles. The largest absolute Gasteiger partial charge is 0.363 e. The van der Waals surface area contributed by atoms with Gasteiger partial charge in [-0.15, -0.1) is 5.73 Å². The Morgan fingerprint density at radius 1 is 0.897 bits per heavy atom. The van der Waals surface area contributed by atoms with Crippen LogP contribution in [0.2, 0.25) is 0 Å². The molecule has 0 fully saturated rings. The highest BCUT2D eigenvalue weighted by molar-refractivity contribution is 6.16. The Hall–Kier alpha value is -5.87. The highest BCUT2D eigenvalue weighted by Gasteiger charge is 2.31. The van der Waals surface area contributed by atoms with Gasteiger partial charge in [0.05, 0.1) is 11.8 Å². The second-order valence-electron chi connectivity index (χ2n) is 16.0. The second-order valence-corrected chi connectivity index (χ2v) is 16.0. The first-order chi connectivity index (χ1) is 28.4. The lowest BCUT2D eigenvalue weighted by molar-refractivity contribution is 0.385. The Balaban J connectivity index is 1.20. The number of allylic oxidation sites excluding steroid dienone is 16. The third kappa shape index (κ3) is 8.25. The van der Waals surface area contributed by atoms with E-state index in [2.05, 4.69) is 154 Å². The second kappa shape index (κ2) is 17.7. The maximum absolute atomic E-state index is 6.44. The molecule has 0 bridgehead atoms. The third-order valence-corrected chi connectivity index (χ3v) is 12.1. The predicted molar refractivity (Wildman–Crippen MR) is 243 cm³/mol. The lowest BCUT2D eigenvalue weighted by Gasteiger charge is -2.34. The number of aromatic nitrogens is 1. The molecule has 292 valence electrons. The number of likely N-dealkylation sites (N-methyl/N-ethyl adjacent to an activating group) is 1. The molecule has 0 radical (unpaired) electrons. The number of aliphatic imine (C=N–C) groups is 2. The number of rotatable bonds is 10. The van der Waals surface area contributed by atoms with E-state index < -0.39 is 0 Å².